The van der Waals surface area contributed by atoms with Crippen LogP contribution in [0.5, 0.6) is 0 Å². The van der Waals surface area contributed by atoms with Crippen LogP contribution in [0.1, 0.15) is 50.0 Å². The molecule has 1 atom stereocenters. The third-order valence-electron chi connectivity index (χ3n) is 3.11. The monoisotopic (exact) mass is 249 g/mol. The van der Waals surface area contributed by atoms with Gasteiger partial charge in [-0.3, -0.25) is 9.78 Å². The number of pyridine rings is 1. The third kappa shape index (κ3) is 4.73. The summed E-state index contributed by atoms with van der Waals surface area (Å²) < 4.78 is 0. The lowest BCUT2D eigenvalue weighted by Gasteiger charge is -2.15. The molecule has 0 saturated carbocycles. The van der Waals surface area contributed by atoms with Gasteiger partial charge in [0, 0.05) is 18.4 Å². The molecule has 100 valence electrons. The number of nitrogen functional groups attached to an aromatic ring is 1. The standard InChI is InChI=1S/C14H23N3O/c1-3-5-6-11(4-2)10-17-14(18)13-9-12(15)7-8-16-13/h7-9,11H,3-6,10H2,1-2H3,(H2,15,16)(H,17,18). The van der Waals surface area contributed by atoms with Gasteiger partial charge in [0.1, 0.15) is 5.69 Å². The largest absolute Gasteiger partial charge is 0.399 e. The van der Waals surface area contributed by atoms with Gasteiger partial charge in [-0.05, 0) is 24.5 Å². The normalized spacial score (nSPS) is 12.1. The van der Waals surface area contributed by atoms with Crippen LogP contribution in [0.2, 0.25) is 0 Å². The molecule has 1 aromatic heterocycles. The smallest absolute Gasteiger partial charge is 0.269 e. The lowest BCUT2D eigenvalue weighted by molar-refractivity contribution is 0.0941. The first-order chi connectivity index (χ1) is 8.67. The van der Waals surface area contributed by atoms with Crippen molar-refractivity contribution in [1.29, 1.82) is 0 Å². The number of aromatic nitrogens is 1. The van der Waals surface area contributed by atoms with Gasteiger partial charge in [0.15, 0.2) is 0 Å². The minimum absolute atomic E-state index is 0.141. The molecule has 0 aliphatic heterocycles. The van der Waals surface area contributed by atoms with E-state index in [0.717, 1.165) is 12.8 Å². The maximum atomic E-state index is 11.9. The van der Waals surface area contributed by atoms with Crippen LogP contribution in [-0.2, 0) is 0 Å². The minimum Gasteiger partial charge on any atom is -0.399 e. The summed E-state index contributed by atoms with van der Waals surface area (Å²) in [5.74, 6) is 0.409. The molecule has 1 rings (SSSR count). The van der Waals surface area contributed by atoms with Crippen LogP contribution >= 0.6 is 0 Å². The van der Waals surface area contributed by atoms with Crippen LogP contribution in [0, 0.1) is 5.92 Å². The van der Waals surface area contributed by atoms with Crippen molar-refractivity contribution in [3.63, 3.8) is 0 Å². The molecule has 0 spiro atoms. The molecule has 1 unspecified atom stereocenters. The van der Waals surface area contributed by atoms with Crippen LogP contribution in [0.25, 0.3) is 0 Å². The Labute approximate surface area is 109 Å². The van der Waals surface area contributed by atoms with E-state index in [1.54, 1.807) is 18.3 Å². The lowest BCUT2D eigenvalue weighted by atomic mass is 9.99. The number of nitrogens with two attached hydrogens (primary N) is 1. The topological polar surface area (TPSA) is 68.0 Å². The van der Waals surface area contributed by atoms with Crippen molar-refractivity contribution in [3.05, 3.63) is 24.0 Å². The molecular weight excluding hydrogens is 226 g/mol. The SMILES string of the molecule is CCCCC(CC)CNC(=O)c1cc(N)ccn1. The first kappa shape index (κ1) is 14.5. The number of unbranched alkanes of at least 4 members (excludes halogenated alkanes) is 1. The minimum atomic E-state index is -0.141. The fraction of sp³-hybridized carbons (Fsp3) is 0.571. The van der Waals surface area contributed by atoms with Crippen molar-refractivity contribution in [1.82, 2.24) is 10.3 Å². The van der Waals surface area contributed by atoms with E-state index < -0.39 is 0 Å². The van der Waals surface area contributed by atoms with Crippen molar-refractivity contribution >= 4 is 11.6 Å². The number of hydrogen-bond acceptors (Lipinski definition) is 3. The zero-order valence-corrected chi connectivity index (χ0v) is 11.3. The Balaban J connectivity index is 2.44. The van der Waals surface area contributed by atoms with Crippen LogP contribution in [0.3, 0.4) is 0 Å². The molecule has 0 bridgehead atoms. The summed E-state index contributed by atoms with van der Waals surface area (Å²) in [4.78, 5) is 15.9. The molecule has 1 amide bonds. The van der Waals surface area contributed by atoms with E-state index in [0.29, 0.717) is 23.8 Å². The second kappa shape index (κ2) is 7.69. The van der Waals surface area contributed by atoms with Gasteiger partial charge < -0.3 is 11.1 Å². The highest BCUT2D eigenvalue weighted by Gasteiger charge is 2.10. The fourth-order valence-corrected chi connectivity index (χ4v) is 1.84. The number of carbonyl (C=O) groups excluding carboxylic acids is 1. The van der Waals surface area contributed by atoms with Gasteiger partial charge >= 0.3 is 0 Å². The van der Waals surface area contributed by atoms with Crippen LogP contribution < -0.4 is 11.1 Å². The molecule has 1 heterocycles. The molecule has 0 saturated heterocycles. The Morgan fingerprint density at radius 2 is 2.28 bits per heavy atom. The summed E-state index contributed by atoms with van der Waals surface area (Å²) in [6.45, 7) is 5.05. The van der Waals surface area contributed by atoms with Gasteiger partial charge in [-0.1, -0.05) is 33.1 Å². The maximum Gasteiger partial charge on any atom is 0.269 e. The number of nitrogens with one attached hydrogen (secondary N) is 1. The van der Waals surface area contributed by atoms with Gasteiger partial charge in [0.05, 0.1) is 0 Å². The van der Waals surface area contributed by atoms with E-state index >= 15 is 0 Å². The van der Waals surface area contributed by atoms with Crippen molar-refractivity contribution in [2.45, 2.75) is 39.5 Å². The quantitative estimate of drug-likeness (QED) is 0.780. The van der Waals surface area contributed by atoms with Gasteiger partial charge in [-0.15, -0.1) is 0 Å². The van der Waals surface area contributed by atoms with Gasteiger partial charge in [0.25, 0.3) is 5.91 Å². The predicted octanol–water partition coefficient (Wildman–Crippen LogP) is 2.61. The summed E-state index contributed by atoms with van der Waals surface area (Å²) in [5, 5.41) is 2.93. The van der Waals surface area contributed by atoms with E-state index in [1.807, 2.05) is 0 Å². The Morgan fingerprint density at radius 3 is 2.89 bits per heavy atom. The zero-order chi connectivity index (χ0) is 13.4. The average Bonchev–Trinajstić information content (AvgIpc) is 2.38. The summed E-state index contributed by atoms with van der Waals surface area (Å²) in [7, 11) is 0. The lowest BCUT2D eigenvalue weighted by Crippen LogP contribution is -2.29. The first-order valence-electron chi connectivity index (χ1n) is 6.67. The molecule has 0 aliphatic rings. The van der Waals surface area contributed by atoms with E-state index in [2.05, 4.69) is 24.1 Å². The number of carbonyl (C=O) groups is 1. The highest BCUT2D eigenvalue weighted by atomic mass is 16.1. The fourth-order valence-electron chi connectivity index (χ4n) is 1.84. The van der Waals surface area contributed by atoms with Crippen molar-refractivity contribution < 1.29 is 4.79 Å². The van der Waals surface area contributed by atoms with E-state index in [-0.39, 0.29) is 5.91 Å². The van der Waals surface area contributed by atoms with Gasteiger partial charge in [-0.25, -0.2) is 0 Å². The number of amides is 1. The van der Waals surface area contributed by atoms with Gasteiger partial charge in [0.2, 0.25) is 0 Å². The highest BCUT2D eigenvalue weighted by Crippen LogP contribution is 2.11. The Morgan fingerprint density at radius 1 is 1.50 bits per heavy atom. The molecule has 4 heteroatoms. The third-order valence-corrected chi connectivity index (χ3v) is 3.11. The van der Waals surface area contributed by atoms with E-state index in [9.17, 15) is 4.79 Å². The molecule has 4 nitrogen and oxygen atoms in total. The van der Waals surface area contributed by atoms with Crippen LogP contribution in [-0.4, -0.2) is 17.4 Å². The number of nitrogens with zero attached hydrogens (tertiary/aromatic N) is 1. The Hall–Kier alpha value is -1.58. The summed E-state index contributed by atoms with van der Waals surface area (Å²) in [6, 6.07) is 3.27. The van der Waals surface area contributed by atoms with E-state index in [1.165, 1.54) is 12.8 Å². The molecule has 0 radical (unpaired) electrons. The molecule has 3 N–H and O–H groups in total. The van der Waals surface area contributed by atoms with E-state index in [4.69, 9.17) is 5.73 Å². The summed E-state index contributed by atoms with van der Waals surface area (Å²) in [6.07, 6.45) is 6.22. The Bertz CT molecular complexity index is 379. The van der Waals surface area contributed by atoms with Crippen molar-refractivity contribution in [2.75, 3.05) is 12.3 Å². The molecule has 0 fully saturated rings. The number of rotatable bonds is 7. The van der Waals surface area contributed by atoms with Crippen molar-refractivity contribution in [2.24, 2.45) is 5.92 Å². The predicted molar refractivity (Wildman–Crippen MR) is 74.3 cm³/mol. The zero-order valence-electron chi connectivity index (χ0n) is 11.3. The number of hydrogen-bond donors (Lipinski definition) is 2. The Kier molecular flexibility index (Phi) is 6.19. The second-order valence-electron chi connectivity index (χ2n) is 4.60. The van der Waals surface area contributed by atoms with Gasteiger partial charge in [-0.2, -0.15) is 0 Å². The molecule has 1 aromatic rings. The highest BCUT2D eigenvalue weighted by molar-refractivity contribution is 5.92. The van der Waals surface area contributed by atoms with Crippen LogP contribution in [0.4, 0.5) is 5.69 Å². The summed E-state index contributed by atoms with van der Waals surface area (Å²) >= 11 is 0. The number of anilines is 1. The molecule has 0 aromatic carbocycles. The average molecular weight is 249 g/mol. The molecule has 18 heavy (non-hydrogen) atoms. The maximum absolute atomic E-state index is 11.9. The molecular formula is C14H23N3O. The molecule has 0 aliphatic carbocycles. The second-order valence-corrected chi connectivity index (χ2v) is 4.60. The van der Waals surface area contributed by atoms with Crippen LogP contribution in [0.15, 0.2) is 18.3 Å². The summed E-state index contributed by atoms with van der Waals surface area (Å²) in [5.41, 5.74) is 6.58. The first-order valence-corrected chi connectivity index (χ1v) is 6.67. The van der Waals surface area contributed by atoms with Crippen molar-refractivity contribution in [3.8, 4) is 0 Å².